The Bertz CT molecular complexity index is 441. The molecule has 1 atom stereocenters. The van der Waals surface area contributed by atoms with Crippen molar-refractivity contribution in [3.63, 3.8) is 0 Å². The van der Waals surface area contributed by atoms with E-state index in [2.05, 4.69) is 5.32 Å². The molecule has 5 nitrogen and oxygen atoms in total. The van der Waals surface area contributed by atoms with Crippen LogP contribution in [-0.4, -0.2) is 43.5 Å². The van der Waals surface area contributed by atoms with Gasteiger partial charge in [0, 0.05) is 19.2 Å². The summed E-state index contributed by atoms with van der Waals surface area (Å²) in [5.74, 6) is -0.501. The second-order valence-corrected chi connectivity index (χ2v) is 4.74. The highest BCUT2D eigenvalue weighted by molar-refractivity contribution is 5.92. The van der Waals surface area contributed by atoms with Gasteiger partial charge in [-0.25, -0.2) is 4.79 Å². The van der Waals surface area contributed by atoms with Crippen LogP contribution in [0.25, 0.3) is 0 Å². The molecule has 0 aliphatic rings. The van der Waals surface area contributed by atoms with E-state index in [9.17, 15) is 9.59 Å². The summed E-state index contributed by atoms with van der Waals surface area (Å²) in [6.07, 6.45) is -0.169. The number of likely N-dealkylation sites (N-methyl/N-ethyl adjacent to an activating group) is 1. The first-order valence-corrected chi connectivity index (χ1v) is 6.12. The minimum absolute atomic E-state index is 0.144. The third-order valence-corrected chi connectivity index (χ3v) is 2.37. The van der Waals surface area contributed by atoms with E-state index in [1.165, 1.54) is 6.92 Å². The summed E-state index contributed by atoms with van der Waals surface area (Å²) < 4.78 is 5.30. The molecule has 1 rings (SSSR count). The van der Waals surface area contributed by atoms with E-state index < -0.39 is 0 Å². The molecular formula is C14H20N2O3. The Kier molecular flexibility index (Phi) is 5.51. The van der Waals surface area contributed by atoms with Crippen LogP contribution in [0.2, 0.25) is 0 Å². The SMILES string of the molecule is CC(=O)Nc1ccc(C(=O)O[C@@H](C)CN(C)C)cc1. The van der Waals surface area contributed by atoms with Gasteiger partial charge in [0.25, 0.3) is 0 Å². The van der Waals surface area contributed by atoms with Crippen LogP contribution in [0.1, 0.15) is 24.2 Å². The summed E-state index contributed by atoms with van der Waals surface area (Å²) in [6.45, 7) is 3.96. The molecule has 0 aromatic heterocycles. The van der Waals surface area contributed by atoms with Crippen LogP contribution in [0.5, 0.6) is 0 Å². The first-order chi connectivity index (χ1) is 8.88. The predicted octanol–water partition coefficient (Wildman–Crippen LogP) is 1.75. The maximum Gasteiger partial charge on any atom is 0.338 e. The molecule has 0 aliphatic heterocycles. The van der Waals surface area contributed by atoms with Crippen LogP contribution in [0.4, 0.5) is 5.69 Å². The van der Waals surface area contributed by atoms with Crippen molar-refractivity contribution in [3.8, 4) is 0 Å². The Morgan fingerprint density at radius 3 is 2.32 bits per heavy atom. The molecule has 0 unspecified atom stereocenters. The molecule has 0 bridgehead atoms. The maximum atomic E-state index is 11.8. The number of carbonyl (C=O) groups is 2. The molecule has 0 saturated heterocycles. The number of nitrogens with zero attached hydrogens (tertiary/aromatic N) is 1. The predicted molar refractivity (Wildman–Crippen MR) is 74.2 cm³/mol. The second kappa shape index (κ2) is 6.89. The molecule has 5 heteroatoms. The molecule has 0 spiro atoms. The molecule has 1 aromatic rings. The monoisotopic (exact) mass is 264 g/mol. The highest BCUT2D eigenvalue weighted by Crippen LogP contribution is 2.11. The van der Waals surface area contributed by atoms with Crippen molar-refractivity contribution in [2.45, 2.75) is 20.0 Å². The van der Waals surface area contributed by atoms with Crippen molar-refractivity contribution in [3.05, 3.63) is 29.8 Å². The Hall–Kier alpha value is -1.88. The molecule has 1 N–H and O–H groups in total. The average molecular weight is 264 g/mol. The Morgan fingerprint density at radius 2 is 1.84 bits per heavy atom. The van der Waals surface area contributed by atoms with Crippen molar-refractivity contribution in [1.82, 2.24) is 4.90 Å². The average Bonchev–Trinajstić information content (AvgIpc) is 2.27. The van der Waals surface area contributed by atoms with Crippen molar-refractivity contribution in [2.75, 3.05) is 26.0 Å². The quantitative estimate of drug-likeness (QED) is 0.823. The number of hydrogen-bond donors (Lipinski definition) is 1. The minimum Gasteiger partial charge on any atom is -0.458 e. The smallest absolute Gasteiger partial charge is 0.338 e. The third kappa shape index (κ3) is 5.52. The van der Waals surface area contributed by atoms with Crippen molar-refractivity contribution < 1.29 is 14.3 Å². The van der Waals surface area contributed by atoms with Crippen LogP contribution in [-0.2, 0) is 9.53 Å². The van der Waals surface area contributed by atoms with E-state index in [0.29, 0.717) is 17.8 Å². The van der Waals surface area contributed by atoms with E-state index in [1.54, 1.807) is 24.3 Å². The summed E-state index contributed by atoms with van der Waals surface area (Å²) in [5.41, 5.74) is 1.13. The van der Waals surface area contributed by atoms with Crippen molar-refractivity contribution in [2.24, 2.45) is 0 Å². The minimum atomic E-state index is -0.358. The highest BCUT2D eigenvalue weighted by atomic mass is 16.5. The fraction of sp³-hybridized carbons (Fsp3) is 0.429. The summed E-state index contributed by atoms with van der Waals surface area (Å²) in [7, 11) is 3.85. The van der Waals surface area contributed by atoms with Crippen LogP contribution in [0.15, 0.2) is 24.3 Å². The van der Waals surface area contributed by atoms with E-state index >= 15 is 0 Å². The number of carbonyl (C=O) groups excluding carboxylic acids is 2. The van der Waals surface area contributed by atoms with Crippen LogP contribution in [0.3, 0.4) is 0 Å². The summed E-state index contributed by atoms with van der Waals surface area (Å²) in [5, 5.41) is 2.64. The zero-order valence-corrected chi connectivity index (χ0v) is 11.8. The van der Waals surface area contributed by atoms with Gasteiger partial charge >= 0.3 is 5.97 Å². The Balaban J connectivity index is 2.60. The molecule has 0 heterocycles. The number of anilines is 1. The van der Waals surface area contributed by atoms with Gasteiger partial charge in [0.15, 0.2) is 0 Å². The van der Waals surface area contributed by atoms with Crippen LogP contribution in [0, 0.1) is 0 Å². The fourth-order valence-electron chi connectivity index (χ4n) is 1.70. The maximum absolute atomic E-state index is 11.8. The van der Waals surface area contributed by atoms with Gasteiger partial charge in [-0.15, -0.1) is 0 Å². The van der Waals surface area contributed by atoms with Crippen molar-refractivity contribution in [1.29, 1.82) is 0 Å². The molecule has 1 amide bonds. The number of esters is 1. The highest BCUT2D eigenvalue weighted by Gasteiger charge is 2.12. The van der Waals surface area contributed by atoms with Gasteiger partial charge in [-0.05, 0) is 45.3 Å². The lowest BCUT2D eigenvalue weighted by molar-refractivity contribution is -0.114. The third-order valence-electron chi connectivity index (χ3n) is 2.37. The van der Waals surface area contributed by atoms with Gasteiger partial charge in [0.2, 0.25) is 5.91 Å². The molecule has 0 radical (unpaired) electrons. The van der Waals surface area contributed by atoms with Gasteiger partial charge in [-0.2, -0.15) is 0 Å². The molecule has 0 aliphatic carbocycles. The lowest BCUT2D eigenvalue weighted by atomic mass is 10.2. The lowest BCUT2D eigenvalue weighted by Crippen LogP contribution is -2.28. The molecule has 0 fully saturated rings. The first kappa shape index (κ1) is 15.2. The lowest BCUT2D eigenvalue weighted by Gasteiger charge is -2.17. The van der Waals surface area contributed by atoms with E-state index in [1.807, 2.05) is 25.9 Å². The Morgan fingerprint density at radius 1 is 1.26 bits per heavy atom. The topological polar surface area (TPSA) is 58.6 Å². The van der Waals surface area contributed by atoms with Crippen LogP contribution < -0.4 is 5.32 Å². The van der Waals surface area contributed by atoms with E-state index in [-0.39, 0.29) is 18.0 Å². The summed E-state index contributed by atoms with van der Waals surface area (Å²) in [6, 6.07) is 6.62. The second-order valence-electron chi connectivity index (χ2n) is 4.74. The zero-order valence-electron chi connectivity index (χ0n) is 11.8. The fourth-order valence-corrected chi connectivity index (χ4v) is 1.70. The first-order valence-electron chi connectivity index (χ1n) is 6.12. The summed E-state index contributed by atoms with van der Waals surface area (Å²) >= 11 is 0. The van der Waals surface area contributed by atoms with Gasteiger partial charge in [0.1, 0.15) is 6.10 Å². The van der Waals surface area contributed by atoms with Gasteiger partial charge in [-0.3, -0.25) is 4.79 Å². The normalized spacial score (nSPS) is 12.1. The van der Waals surface area contributed by atoms with E-state index in [0.717, 1.165) is 0 Å². The molecule has 19 heavy (non-hydrogen) atoms. The molecule has 1 aromatic carbocycles. The van der Waals surface area contributed by atoms with Crippen LogP contribution >= 0.6 is 0 Å². The molecule has 0 saturated carbocycles. The number of rotatable bonds is 5. The molecule has 104 valence electrons. The number of benzene rings is 1. The van der Waals surface area contributed by atoms with Gasteiger partial charge in [-0.1, -0.05) is 0 Å². The number of amides is 1. The number of hydrogen-bond acceptors (Lipinski definition) is 4. The molecular weight excluding hydrogens is 244 g/mol. The largest absolute Gasteiger partial charge is 0.458 e. The van der Waals surface area contributed by atoms with Crippen molar-refractivity contribution >= 4 is 17.6 Å². The van der Waals surface area contributed by atoms with Gasteiger partial charge in [0.05, 0.1) is 5.56 Å². The van der Waals surface area contributed by atoms with Gasteiger partial charge < -0.3 is 15.0 Å². The standard InChI is InChI=1S/C14H20N2O3/c1-10(9-16(3)4)19-14(18)12-5-7-13(8-6-12)15-11(2)17/h5-8,10H,9H2,1-4H3,(H,15,17)/t10-/m0/s1. The number of nitrogens with one attached hydrogen (secondary N) is 1. The number of ether oxygens (including phenoxy) is 1. The summed E-state index contributed by atoms with van der Waals surface area (Å²) in [4.78, 5) is 24.7. The van der Waals surface area contributed by atoms with E-state index in [4.69, 9.17) is 4.74 Å². The zero-order chi connectivity index (χ0) is 14.4. The Labute approximate surface area is 113 Å².